The fourth-order valence-corrected chi connectivity index (χ4v) is 1.67. The van der Waals surface area contributed by atoms with Crippen LogP contribution in [0.3, 0.4) is 0 Å². The van der Waals surface area contributed by atoms with Gasteiger partial charge in [-0.1, -0.05) is 42.5 Å². The lowest BCUT2D eigenvalue weighted by Crippen LogP contribution is -2.06. The van der Waals surface area contributed by atoms with Crippen LogP contribution >= 0.6 is 0 Å². The van der Waals surface area contributed by atoms with E-state index in [1.165, 1.54) is 5.56 Å². The van der Waals surface area contributed by atoms with Crippen LogP contribution in [0.5, 0.6) is 0 Å². The molecule has 16 heavy (non-hydrogen) atoms. The molecule has 0 unspecified atom stereocenters. The SMILES string of the molecule is C[C@@H](Cn1cc(CO)nn1)c1ccccc1. The quantitative estimate of drug-likeness (QED) is 0.845. The Bertz CT molecular complexity index is 439. The first-order valence-electron chi connectivity index (χ1n) is 5.34. The average Bonchev–Trinajstić information content (AvgIpc) is 2.78. The van der Waals surface area contributed by atoms with Gasteiger partial charge in [0.15, 0.2) is 0 Å². The monoisotopic (exact) mass is 217 g/mol. The highest BCUT2D eigenvalue weighted by Gasteiger charge is 2.07. The highest BCUT2D eigenvalue weighted by Crippen LogP contribution is 2.16. The molecule has 84 valence electrons. The molecule has 0 saturated carbocycles. The summed E-state index contributed by atoms with van der Waals surface area (Å²) < 4.78 is 1.77. The van der Waals surface area contributed by atoms with Gasteiger partial charge in [-0.05, 0) is 5.56 Å². The van der Waals surface area contributed by atoms with E-state index in [9.17, 15) is 0 Å². The van der Waals surface area contributed by atoms with Crippen LogP contribution in [-0.4, -0.2) is 20.1 Å². The maximum Gasteiger partial charge on any atom is 0.108 e. The van der Waals surface area contributed by atoms with Crippen molar-refractivity contribution >= 4 is 0 Å². The minimum atomic E-state index is -0.0558. The van der Waals surface area contributed by atoms with Crippen LogP contribution < -0.4 is 0 Å². The standard InChI is InChI=1S/C12H15N3O/c1-10(11-5-3-2-4-6-11)7-15-8-12(9-16)13-14-15/h2-6,8,10,16H,7,9H2,1H3/t10-/m0/s1. The Morgan fingerprint density at radius 3 is 2.69 bits per heavy atom. The lowest BCUT2D eigenvalue weighted by molar-refractivity contribution is 0.276. The van der Waals surface area contributed by atoms with Crippen LogP contribution in [0.25, 0.3) is 0 Å². The van der Waals surface area contributed by atoms with Crippen molar-refractivity contribution < 1.29 is 5.11 Å². The van der Waals surface area contributed by atoms with Crippen LogP contribution in [-0.2, 0) is 13.2 Å². The number of aliphatic hydroxyl groups excluding tert-OH is 1. The highest BCUT2D eigenvalue weighted by molar-refractivity contribution is 5.18. The van der Waals surface area contributed by atoms with Crippen LogP contribution in [0.4, 0.5) is 0 Å². The Morgan fingerprint density at radius 2 is 2.06 bits per heavy atom. The van der Waals surface area contributed by atoms with E-state index in [-0.39, 0.29) is 6.61 Å². The van der Waals surface area contributed by atoms with E-state index < -0.39 is 0 Å². The van der Waals surface area contributed by atoms with Crippen molar-refractivity contribution in [1.29, 1.82) is 0 Å². The normalized spacial score (nSPS) is 12.6. The van der Waals surface area contributed by atoms with Crippen molar-refractivity contribution in [3.63, 3.8) is 0 Å². The smallest absolute Gasteiger partial charge is 0.108 e. The van der Waals surface area contributed by atoms with Crippen LogP contribution in [0.15, 0.2) is 36.5 Å². The molecule has 0 fully saturated rings. The molecule has 0 bridgehead atoms. The molecule has 2 rings (SSSR count). The van der Waals surface area contributed by atoms with Gasteiger partial charge in [0.1, 0.15) is 5.69 Å². The minimum Gasteiger partial charge on any atom is -0.390 e. The van der Waals surface area contributed by atoms with Crippen molar-refractivity contribution in [3.8, 4) is 0 Å². The van der Waals surface area contributed by atoms with Crippen LogP contribution in [0.1, 0.15) is 24.1 Å². The van der Waals surface area contributed by atoms with Crippen LogP contribution in [0.2, 0.25) is 0 Å². The van der Waals surface area contributed by atoms with Gasteiger partial charge in [-0.15, -0.1) is 5.10 Å². The summed E-state index contributed by atoms with van der Waals surface area (Å²) in [5.41, 5.74) is 1.89. The number of benzene rings is 1. The second-order valence-corrected chi connectivity index (χ2v) is 3.90. The maximum absolute atomic E-state index is 8.89. The molecule has 1 aromatic heterocycles. The summed E-state index contributed by atoms with van der Waals surface area (Å²) in [7, 11) is 0. The Balaban J connectivity index is 2.05. The molecule has 0 saturated heterocycles. The van der Waals surface area contributed by atoms with E-state index in [1.54, 1.807) is 10.9 Å². The third-order valence-corrected chi connectivity index (χ3v) is 2.58. The molecule has 0 aliphatic carbocycles. The lowest BCUT2D eigenvalue weighted by Gasteiger charge is -2.10. The number of aromatic nitrogens is 3. The van der Waals surface area contributed by atoms with E-state index >= 15 is 0 Å². The molecule has 4 nitrogen and oxygen atoms in total. The van der Waals surface area contributed by atoms with Gasteiger partial charge in [0, 0.05) is 12.5 Å². The van der Waals surface area contributed by atoms with Crippen molar-refractivity contribution in [3.05, 3.63) is 47.8 Å². The molecular formula is C12H15N3O. The fraction of sp³-hybridized carbons (Fsp3) is 0.333. The van der Waals surface area contributed by atoms with Gasteiger partial charge < -0.3 is 5.11 Å². The van der Waals surface area contributed by atoms with E-state index in [0.717, 1.165) is 6.54 Å². The van der Waals surface area contributed by atoms with E-state index in [0.29, 0.717) is 11.6 Å². The summed E-state index contributed by atoms with van der Waals surface area (Å²) in [6, 6.07) is 10.3. The fourth-order valence-electron chi connectivity index (χ4n) is 1.67. The summed E-state index contributed by atoms with van der Waals surface area (Å²) in [5.74, 6) is 0.384. The first kappa shape index (κ1) is 10.8. The number of nitrogens with zero attached hydrogens (tertiary/aromatic N) is 3. The van der Waals surface area contributed by atoms with Crippen molar-refractivity contribution in [2.45, 2.75) is 26.0 Å². The molecule has 0 radical (unpaired) electrons. The molecule has 0 amide bonds. The minimum absolute atomic E-state index is 0.0558. The predicted molar refractivity (Wildman–Crippen MR) is 60.8 cm³/mol. The van der Waals surface area contributed by atoms with Crippen molar-refractivity contribution in [1.82, 2.24) is 15.0 Å². The van der Waals surface area contributed by atoms with E-state index in [4.69, 9.17) is 5.11 Å². The molecule has 4 heteroatoms. The number of rotatable bonds is 4. The summed E-state index contributed by atoms with van der Waals surface area (Å²) in [4.78, 5) is 0. The van der Waals surface area contributed by atoms with Gasteiger partial charge in [-0.2, -0.15) is 0 Å². The molecule has 0 aliphatic rings. The third kappa shape index (κ3) is 2.46. The van der Waals surface area contributed by atoms with Crippen LogP contribution in [0, 0.1) is 0 Å². The topological polar surface area (TPSA) is 50.9 Å². The van der Waals surface area contributed by atoms with Crippen molar-refractivity contribution in [2.24, 2.45) is 0 Å². The van der Waals surface area contributed by atoms with Gasteiger partial charge >= 0.3 is 0 Å². The highest BCUT2D eigenvalue weighted by atomic mass is 16.3. The number of hydrogen-bond donors (Lipinski definition) is 1. The Morgan fingerprint density at radius 1 is 1.31 bits per heavy atom. The maximum atomic E-state index is 8.89. The summed E-state index contributed by atoms with van der Waals surface area (Å²) in [6.07, 6.45) is 1.78. The van der Waals surface area contributed by atoms with Crippen molar-refractivity contribution in [2.75, 3.05) is 0 Å². The van der Waals surface area contributed by atoms with Gasteiger partial charge in [0.05, 0.1) is 12.8 Å². The molecule has 0 aliphatic heterocycles. The Kier molecular flexibility index (Phi) is 3.31. The molecule has 1 N–H and O–H groups in total. The second kappa shape index (κ2) is 4.90. The third-order valence-electron chi connectivity index (χ3n) is 2.58. The zero-order valence-electron chi connectivity index (χ0n) is 9.24. The first-order chi connectivity index (χ1) is 7.79. The molecular weight excluding hydrogens is 202 g/mol. The zero-order chi connectivity index (χ0) is 11.4. The summed E-state index contributed by atoms with van der Waals surface area (Å²) in [5, 5.41) is 16.7. The number of hydrogen-bond acceptors (Lipinski definition) is 3. The molecule has 1 atom stereocenters. The molecule has 1 aromatic carbocycles. The van der Waals surface area contributed by atoms with E-state index in [1.807, 2.05) is 18.2 Å². The second-order valence-electron chi connectivity index (χ2n) is 3.90. The first-order valence-corrected chi connectivity index (χ1v) is 5.34. The van der Waals surface area contributed by atoms with E-state index in [2.05, 4.69) is 29.4 Å². The van der Waals surface area contributed by atoms with Gasteiger partial charge in [0.2, 0.25) is 0 Å². The van der Waals surface area contributed by atoms with Gasteiger partial charge in [0.25, 0.3) is 0 Å². The Labute approximate surface area is 94.5 Å². The molecule has 2 aromatic rings. The van der Waals surface area contributed by atoms with Gasteiger partial charge in [-0.25, -0.2) is 0 Å². The molecule has 0 spiro atoms. The largest absolute Gasteiger partial charge is 0.390 e. The molecule has 1 heterocycles. The zero-order valence-corrected chi connectivity index (χ0v) is 9.24. The average molecular weight is 217 g/mol. The lowest BCUT2D eigenvalue weighted by atomic mass is 10.0. The Hall–Kier alpha value is -1.68. The number of aliphatic hydroxyl groups is 1. The van der Waals surface area contributed by atoms with Gasteiger partial charge in [-0.3, -0.25) is 4.68 Å². The predicted octanol–water partition coefficient (Wildman–Crippen LogP) is 1.57. The summed E-state index contributed by atoms with van der Waals surface area (Å²) >= 11 is 0. The summed E-state index contributed by atoms with van der Waals surface area (Å²) in [6.45, 7) is 2.87.